The van der Waals surface area contributed by atoms with Gasteiger partial charge >= 0.3 is 0 Å². The number of carbonyl (C=O) groups excluding carboxylic acids is 3. The second kappa shape index (κ2) is 6.67. The molecule has 0 fully saturated rings. The first-order valence-electron chi connectivity index (χ1n) is 7.15. The number of hydrogen-bond acceptors (Lipinski definition) is 4. The molecule has 0 spiro atoms. The molecule has 0 unspecified atom stereocenters. The number of carbonyl (C=O) groups is 3. The molecule has 8 heteroatoms. The number of para-hydroxylation sites is 1. The lowest BCUT2D eigenvalue weighted by atomic mass is 10.1. The maximum atomic E-state index is 12.2. The largest absolute Gasteiger partial charge is 0.340 e. The van der Waals surface area contributed by atoms with E-state index in [0.29, 0.717) is 22.1 Å². The van der Waals surface area contributed by atoms with E-state index in [1.54, 1.807) is 36.4 Å². The van der Waals surface area contributed by atoms with Crippen molar-refractivity contribution in [1.82, 2.24) is 10.3 Å². The molecule has 3 amide bonds. The second-order valence-corrected chi connectivity index (χ2v) is 5.61. The Labute approximate surface area is 142 Å². The van der Waals surface area contributed by atoms with Gasteiger partial charge in [-0.25, -0.2) is 4.98 Å². The molecular formula is C16H13ClN4O3. The summed E-state index contributed by atoms with van der Waals surface area (Å²) in [5, 5.41) is 8.20. The molecule has 1 atom stereocenters. The molecule has 1 aromatic heterocycles. The molecule has 3 N–H and O–H groups in total. The average Bonchev–Trinajstić information content (AvgIpc) is 2.67. The standard InChI is InChI=1S/C16H13ClN4O3/c17-9-5-6-13(18-8-9)21-14(22)7-12-16(24)19-11-4-2-1-3-10(11)15(23)20-12/h1-6,8,12H,7H2,(H,19,24)(H,20,23)(H,18,21,22)/t12-/m1/s1. The fourth-order valence-corrected chi connectivity index (χ4v) is 2.40. The minimum Gasteiger partial charge on any atom is -0.340 e. The summed E-state index contributed by atoms with van der Waals surface area (Å²) >= 11 is 5.73. The number of halogens is 1. The average molecular weight is 345 g/mol. The van der Waals surface area contributed by atoms with E-state index in [1.807, 2.05) is 0 Å². The smallest absolute Gasteiger partial charge is 0.254 e. The Morgan fingerprint density at radius 2 is 2.00 bits per heavy atom. The number of fused-ring (bicyclic) bond motifs is 1. The molecule has 2 heterocycles. The third kappa shape index (κ3) is 3.52. The Morgan fingerprint density at radius 1 is 1.21 bits per heavy atom. The molecule has 0 bridgehead atoms. The van der Waals surface area contributed by atoms with E-state index >= 15 is 0 Å². The lowest BCUT2D eigenvalue weighted by molar-refractivity contribution is -0.122. The van der Waals surface area contributed by atoms with Gasteiger partial charge in [0.15, 0.2) is 0 Å². The van der Waals surface area contributed by atoms with Crippen molar-refractivity contribution < 1.29 is 14.4 Å². The molecule has 1 aromatic carbocycles. The monoisotopic (exact) mass is 344 g/mol. The van der Waals surface area contributed by atoms with E-state index in [9.17, 15) is 14.4 Å². The van der Waals surface area contributed by atoms with Crippen LogP contribution in [0.4, 0.5) is 11.5 Å². The van der Waals surface area contributed by atoms with Crippen LogP contribution in [0.2, 0.25) is 5.02 Å². The molecule has 1 aliphatic heterocycles. The first-order chi connectivity index (χ1) is 11.5. The van der Waals surface area contributed by atoms with E-state index in [-0.39, 0.29) is 6.42 Å². The van der Waals surface area contributed by atoms with Gasteiger partial charge in [-0.2, -0.15) is 0 Å². The van der Waals surface area contributed by atoms with Gasteiger partial charge in [-0.1, -0.05) is 23.7 Å². The number of aromatic nitrogens is 1. The van der Waals surface area contributed by atoms with Gasteiger partial charge < -0.3 is 16.0 Å². The molecule has 2 aromatic rings. The maximum absolute atomic E-state index is 12.2. The van der Waals surface area contributed by atoms with Crippen LogP contribution in [0.25, 0.3) is 0 Å². The van der Waals surface area contributed by atoms with Crippen LogP contribution >= 0.6 is 11.6 Å². The van der Waals surface area contributed by atoms with Crippen molar-refractivity contribution in [2.75, 3.05) is 10.6 Å². The minimum absolute atomic E-state index is 0.212. The van der Waals surface area contributed by atoms with Gasteiger partial charge in [0.1, 0.15) is 11.9 Å². The van der Waals surface area contributed by atoms with Gasteiger partial charge in [-0.3, -0.25) is 14.4 Å². The topological polar surface area (TPSA) is 100 Å². The SMILES string of the molecule is O=C(C[C@H]1NC(=O)c2ccccc2NC1=O)Nc1ccc(Cl)cn1. The summed E-state index contributed by atoms with van der Waals surface area (Å²) in [5.74, 6) is -0.997. The van der Waals surface area contributed by atoms with Crippen molar-refractivity contribution in [2.45, 2.75) is 12.5 Å². The number of nitrogens with zero attached hydrogens (tertiary/aromatic N) is 1. The first-order valence-corrected chi connectivity index (χ1v) is 7.53. The number of rotatable bonds is 3. The van der Waals surface area contributed by atoms with E-state index in [4.69, 9.17) is 11.6 Å². The predicted molar refractivity (Wildman–Crippen MR) is 88.8 cm³/mol. The van der Waals surface area contributed by atoms with E-state index in [0.717, 1.165) is 0 Å². The zero-order valence-corrected chi connectivity index (χ0v) is 13.1. The highest BCUT2D eigenvalue weighted by molar-refractivity contribution is 6.30. The molecule has 0 saturated carbocycles. The highest BCUT2D eigenvalue weighted by Crippen LogP contribution is 2.19. The van der Waals surface area contributed by atoms with Gasteiger partial charge in [0.25, 0.3) is 5.91 Å². The Bertz CT molecular complexity index is 807. The van der Waals surface area contributed by atoms with Crippen LogP contribution in [0.15, 0.2) is 42.6 Å². The molecular weight excluding hydrogens is 332 g/mol. The normalized spacial score (nSPS) is 16.5. The molecule has 0 aliphatic carbocycles. The van der Waals surface area contributed by atoms with Crippen LogP contribution in [0, 0.1) is 0 Å². The summed E-state index contributed by atoms with van der Waals surface area (Å²) < 4.78 is 0. The minimum atomic E-state index is -0.975. The van der Waals surface area contributed by atoms with E-state index < -0.39 is 23.8 Å². The Balaban J connectivity index is 1.69. The van der Waals surface area contributed by atoms with Gasteiger partial charge in [0.05, 0.1) is 22.7 Å². The molecule has 7 nitrogen and oxygen atoms in total. The van der Waals surface area contributed by atoms with Crippen LogP contribution in [-0.2, 0) is 9.59 Å². The fourth-order valence-electron chi connectivity index (χ4n) is 2.28. The molecule has 1 aliphatic rings. The van der Waals surface area contributed by atoms with Crippen molar-refractivity contribution in [3.63, 3.8) is 0 Å². The predicted octanol–water partition coefficient (Wildman–Crippen LogP) is 1.81. The molecule has 122 valence electrons. The molecule has 0 saturated heterocycles. The van der Waals surface area contributed by atoms with Crippen LogP contribution < -0.4 is 16.0 Å². The summed E-state index contributed by atoms with van der Waals surface area (Å²) in [6.45, 7) is 0. The fraction of sp³-hybridized carbons (Fsp3) is 0.125. The Hall–Kier alpha value is -2.93. The number of amides is 3. The van der Waals surface area contributed by atoms with Crippen LogP contribution in [0.5, 0.6) is 0 Å². The van der Waals surface area contributed by atoms with E-state index in [2.05, 4.69) is 20.9 Å². The Morgan fingerprint density at radius 3 is 2.75 bits per heavy atom. The maximum Gasteiger partial charge on any atom is 0.254 e. The number of pyridine rings is 1. The van der Waals surface area contributed by atoms with Crippen molar-refractivity contribution in [3.8, 4) is 0 Å². The van der Waals surface area contributed by atoms with Crippen LogP contribution in [-0.4, -0.2) is 28.7 Å². The number of nitrogens with one attached hydrogen (secondary N) is 3. The van der Waals surface area contributed by atoms with Gasteiger partial charge in [0, 0.05) is 6.20 Å². The second-order valence-electron chi connectivity index (χ2n) is 5.17. The number of benzene rings is 1. The van der Waals surface area contributed by atoms with Crippen molar-refractivity contribution in [2.24, 2.45) is 0 Å². The highest BCUT2D eigenvalue weighted by Gasteiger charge is 2.29. The van der Waals surface area contributed by atoms with Crippen LogP contribution in [0.1, 0.15) is 16.8 Å². The van der Waals surface area contributed by atoms with Crippen LogP contribution in [0.3, 0.4) is 0 Å². The lowest BCUT2D eigenvalue weighted by Crippen LogP contribution is -2.43. The zero-order valence-electron chi connectivity index (χ0n) is 12.4. The quantitative estimate of drug-likeness (QED) is 0.790. The van der Waals surface area contributed by atoms with Gasteiger partial charge in [0.2, 0.25) is 11.8 Å². The first kappa shape index (κ1) is 15.9. The van der Waals surface area contributed by atoms with E-state index in [1.165, 1.54) is 6.20 Å². The van der Waals surface area contributed by atoms with Crippen molar-refractivity contribution in [3.05, 3.63) is 53.2 Å². The van der Waals surface area contributed by atoms with Crippen molar-refractivity contribution >= 4 is 40.8 Å². The number of hydrogen-bond donors (Lipinski definition) is 3. The summed E-state index contributed by atoms with van der Waals surface area (Å²) in [4.78, 5) is 40.4. The summed E-state index contributed by atoms with van der Waals surface area (Å²) in [7, 11) is 0. The third-order valence-electron chi connectivity index (χ3n) is 3.44. The molecule has 3 rings (SSSR count). The van der Waals surface area contributed by atoms with Gasteiger partial charge in [-0.15, -0.1) is 0 Å². The highest BCUT2D eigenvalue weighted by atomic mass is 35.5. The molecule has 0 radical (unpaired) electrons. The summed E-state index contributed by atoms with van der Waals surface area (Å²) in [5.41, 5.74) is 0.774. The lowest BCUT2D eigenvalue weighted by Gasteiger charge is -2.14. The zero-order chi connectivity index (χ0) is 17.1. The summed E-state index contributed by atoms with van der Waals surface area (Å²) in [6, 6.07) is 8.80. The van der Waals surface area contributed by atoms with Crippen molar-refractivity contribution in [1.29, 1.82) is 0 Å². The Kier molecular flexibility index (Phi) is 4.43. The van der Waals surface area contributed by atoms with Gasteiger partial charge in [-0.05, 0) is 24.3 Å². The summed E-state index contributed by atoms with van der Waals surface area (Å²) in [6.07, 6.45) is 1.18. The molecule has 24 heavy (non-hydrogen) atoms. The number of anilines is 2. The third-order valence-corrected chi connectivity index (χ3v) is 3.66.